The molecule has 126 valence electrons. The van der Waals surface area contributed by atoms with Gasteiger partial charge in [-0.3, -0.25) is 4.79 Å². The maximum absolute atomic E-state index is 12.3. The molecule has 0 radical (unpaired) electrons. The highest BCUT2D eigenvalue weighted by Gasteiger charge is 2.21. The fourth-order valence-electron chi connectivity index (χ4n) is 2.16. The number of carbonyl (C=O) groups is 1. The van der Waals surface area contributed by atoms with E-state index < -0.39 is 6.10 Å². The Bertz CT molecular complexity index is 440. The molecule has 0 saturated carbocycles. The van der Waals surface area contributed by atoms with Gasteiger partial charge in [-0.2, -0.15) is 0 Å². The van der Waals surface area contributed by atoms with E-state index in [-0.39, 0.29) is 24.4 Å². The third-order valence-electron chi connectivity index (χ3n) is 3.56. The van der Waals surface area contributed by atoms with E-state index in [1.807, 2.05) is 38.1 Å². The summed E-state index contributed by atoms with van der Waals surface area (Å²) in [6.07, 6.45) is 3.24. The van der Waals surface area contributed by atoms with Crippen LogP contribution in [0.1, 0.15) is 45.1 Å². The number of ether oxygens (including phenoxy) is 1. The zero-order chi connectivity index (χ0) is 15.7. The van der Waals surface area contributed by atoms with Crippen molar-refractivity contribution in [2.24, 2.45) is 5.73 Å². The highest BCUT2D eigenvalue weighted by Crippen LogP contribution is 2.19. The van der Waals surface area contributed by atoms with Crippen LogP contribution in [-0.4, -0.2) is 24.6 Å². The number of hydrogen-bond acceptors (Lipinski definition) is 3. The van der Waals surface area contributed by atoms with Gasteiger partial charge in [0.05, 0.1) is 0 Å². The van der Waals surface area contributed by atoms with Gasteiger partial charge < -0.3 is 15.8 Å². The maximum Gasteiger partial charge on any atom is 0.261 e. The lowest BCUT2D eigenvalue weighted by Gasteiger charge is -2.22. The lowest BCUT2D eigenvalue weighted by Crippen LogP contribution is -2.46. The smallest absolute Gasteiger partial charge is 0.261 e. The first-order valence-corrected chi connectivity index (χ1v) is 7.85. The van der Waals surface area contributed by atoms with E-state index in [1.54, 1.807) is 0 Å². The van der Waals surface area contributed by atoms with Crippen molar-refractivity contribution >= 4 is 18.3 Å². The van der Waals surface area contributed by atoms with Crippen LogP contribution in [0.3, 0.4) is 0 Å². The summed E-state index contributed by atoms with van der Waals surface area (Å²) < 4.78 is 5.85. The highest BCUT2D eigenvalue weighted by atomic mass is 35.5. The number of benzene rings is 1. The zero-order valence-electron chi connectivity index (χ0n) is 13.8. The summed E-state index contributed by atoms with van der Waals surface area (Å²) in [5.74, 6) is 0.685. The quantitative estimate of drug-likeness (QED) is 0.731. The molecule has 2 atom stereocenters. The molecule has 0 bridgehead atoms. The van der Waals surface area contributed by atoms with Crippen LogP contribution in [0.2, 0.25) is 0 Å². The first-order valence-electron chi connectivity index (χ1n) is 7.85. The van der Waals surface area contributed by atoms with Crippen molar-refractivity contribution in [2.45, 2.75) is 58.6 Å². The van der Waals surface area contributed by atoms with Crippen LogP contribution < -0.4 is 15.8 Å². The second-order valence-corrected chi connectivity index (χ2v) is 5.36. The Balaban J connectivity index is 0.00000441. The Morgan fingerprint density at radius 1 is 1.32 bits per heavy atom. The van der Waals surface area contributed by atoms with Gasteiger partial charge in [-0.05, 0) is 31.4 Å². The number of carbonyl (C=O) groups excluding carboxylic acids is 1. The van der Waals surface area contributed by atoms with Crippen molar-refractivity contribution in [1.82, 2.24) is 5.32 Å². The molecule has 3 N–H and O–H groups in total. The molecule has 0 aliphatic carbocycles. The fraction of sp³-hybridized carbons (Fsp3) is 0.588. The van der Waals surface area contributed by atoms with E-state index in [2.05, 4.69) is 12.2 Å². The summed E-state index contributed by atoms with van der Waals surface area (Å²) in [5.41, 5.74) is 6.76. The van der Waals surface area contributed by atoms with Gasteiger partial charge in [0.2, 0.25) is 0 Å². The van der Waals surface area contributed by atoms with Crippen LogP contribution in [0.15, 0.2) is 24.3 Å². The van der Waals surface area contributed by atoms with E-state index in [9.17, 15) is 4.79 Å². The summed E-state index contributed by atoms with van der Waals surface area (Å²) >= 11 is 0. The van der Waals surface area contributed by atoms with Crippen molar-refractivity contribution in [3.05, 3.63) is 29.8 Å². The molecule has 2 unspecified atom stereocenters. The molecular weight excluding hydrogens is 300 g/mol. The van der Waals surface area contributed by atoms with Crippen molar-refractivity contribution in [3.63, 3.8) is 0 Å². The Hall–Kier alpha value is -1.26. The summed E-state index contributed by atoms with van der Waals surface area (Å²) in [4.78, 5) is 12.3. The van der Waals surface area contributed by atoms with E-state index in [4.69, 9.17) is 10.5 Å². The number of hydrogen-bond donors (Lipinski definition) is 2. The minimum Gasteiger partial charge on any atom is -0.480 e. The van der Waals surface area contributed by atoms with E-state index in [1.165, 1.54) is 0 Å². The second-order valence-electron chi connectivity index (χ2n) is 5.36. The third-order valence-corrected chi connectivity index (χ3v) is 3.56. The van der Waals surface area contributed by atoms with Gasteiger partial charge in [-0.1, -0.05) is 44.9 Å². The molecule has 1 aromatic carbocycles. The topological polar surface area (TPSA) is 64.3 Å². The van der Waals surface area contributed by atoms with Crippen molar-refractivity contribution in [2.75, 3.05) is 6.54 Å². The number of rotatable bonds is 9. The van der Waals surface area contributed by atoms with Gasteiger partial charge in [-0.15, -0.1) is 12.4 Å². The van der Waals surface area contributed by atoms with Crippen LogP contribution in [0.25, 0.3) is 0 Å². The summed E-state index contributed by atoms with van der Waals surface area (Å²) in [6.45, 7) is 6.52. The molecule has 0 aliphatic rings. The standard InChI is InChI=1S/C17H28N2O2.ClH/c1-4-6-10-14(12-18)19-17(20)15(5-2)21-16-11-8-7-9-13(16)3;/h7-9,11,14-15H,4-6,10,12,18H2,1-3H3,(H,19,20);1H. The lowest BCUT2D eigenvalue weighted by molar-refractivity contribution is -0.128. The average Bonchev–Trinajstić information content (AvgIpc) is 2.50. The number of nitrogens with one attached hydrogen (secondary N) is 1. The normalized spacial score (nSPS) is 12.9. The van der Waals surface area contributed by atoms with Crippen molar-refractivity contribution < 1.29 is 9.53 Å². The molecule has 1 aromatic rings. The number of aryl methyl sites for hydroxylation is 1. The minimum absolute atomic E-state index is 0. The van der Waals surface area contributed by atoms with Gasteiger partial charge in [0.25, 0.3) is 5.91 Å². The van der Waals surface area contributed by atoms with Gasteiger partial charge in [0.1, 0.15) is 5.75 Å². The lowest BCUT2D eigenvalue weighted by atomic mass is 10.1. The monoisotopic (exact) mass is 328 g/mol. The summed E-state index contributed by atoms with van der Waals surface area (Å²) in [7, 11) is 0. The molecule has 0 saturated heterocycles. The first kappa shape index (κ1) is 20.7. The van der Waals surface area contributed by atoms with E-state index in [0.717, 1.165) is 30.6 Å². The maximum atomic E-state index is 12.3. The number of nitrogens with two attached hydrogens (primary N) is 1. The molecule has 4 nitrogen and oxygen atoms in total. The van der Waals surface area contributed by atoms with Crippen LogP contribution in [0, 0.1) is 6.92 Å². The number of amides is 1. The molecule has 0 aromatic heterocycles. The largest absolute Gasteiger partial charge is 0.480 e. The second kappa shape index (κ2) is 11.3. The van der Waals surface area contributed by atoms with E-state index in [0.29, 0.717) is 13.0 Å². The fourth-order valence-corrected chi connectivity index (χ4v) is 2.16. The molecule has 0 heterocycles. The van der Waals surface area contributed by atoms with Gasteiger partial charge in [0.15, 0.2) is 6.10 Å². The molecule has 0 spiro atoms. The van der Waals surface area contributed by atoms with Gasteiger partial charge >= 0.3 is 0 Å². The van der Waals surface area contributed by atoms with Crippen molar-refractivity contribution in [1.29, 1.82) is 0 Å². The number of unbranched alkanes of at least 4 members (excludes halogenated alkanes) is 1. The average molecular weight is 329 g/mol. The van der Waals surface area contributed by atoms with Crippen LogP contribution in [-0.2, 0) is 4.79 Å². The number of halogens is 1. The Kier molecular flexibility index (Phi) is 10.7. The summed E-state index contributed by atoms with van der Waals surface area (Å²) in [5, 5.41) is 3.00. The molecule has 1 rings (SSSR count). The SMILES string of the molecule is CCCCC(CN)NC(=O)C(CC)Oc1ccccc1C.Cl. The molecule has 22 heavy (non-hydrogen) atoms. The third kappa shape index (κ3) is 6.67. The molecule has 1 amide bonds. The van der Waals surface area contributed by atoms with Gasteiger partial charge in [-0.25, -0.2) is 0 Å². The number of para-hydroxylation sites is 1. The Morgan fingerprint density at radius 2 is 2.00 bits per heavy atom. The predicted molar refractivity (Wildman–Crippen MR) is 93.6 cm³/mol. The Morgan fingerprint density at radius 3 is 2.55 bits per heavy atom. The van der Waals surface area contributed by atoms with Crippen molar-refractivity contribution in [3.8, 4) is 5.75 Å². The molecule has 0 fully saturated rings. The van der Waals surface area contributed by atoms with Crippen LogP contribution in [0.4, 0.5) is 0 Å². The van der Waals surface area contributed by atoms with Crippen LogP contribution in [0.5, 0.6) is 5.75 Å². The van der Waals surface area contributed by atoms with Crippen LogP contribution >= 0.6 is 12.4 Å². The Labute approximate surface area is 140 Å². The minimum atomic E-state index is -0.471. The molecule has 5 heteroatoms. The highest BCUT2D eigenvalue weighted by molar-refractivity contribution is 5.85. The first-order chi connectivity index (χ1) is 10.1. The summed E-state index contributed by atoms with van der Waals surface area (Å²) in [6, 6.07) is 7.77. The molecule has 0 aliphatic heterocycles. The predicted octanol–water partition coefficient (Wildman–Crippen LogP) is 3.21. The zero-order valence-corrected chi connectivity index (χ0v) is 14.6. The van der Waals surface area contributed by atoms with E-state index >= 15 is 0 Å². The van der Waals surface area contributed by atoms with Gasteiger partial charge in [0, 0.05) is 12.6 Å². The molecular formula is C17H29ClN2O2.